The van der Waals surface area contributed by atoms with Gasteiger partial charge in [-0.25, -0.2) is 8.42 Å². The Kier molecular flexibility index (Phi) is 12.1. The first-order chi connectivity index (χ1) is 17.6. The predicted molar refractivity (Wildman–Crippen MR) is 139 cm³/mol. The molecule has 1 amide bonds. The van der Waals surface area contributed by atoms with Crippen LogP contribution < -0.4 is 5.32 Å². The zero-order chi connectivity index (χ0) is 25.5. The van der Waals surface area contributed by atoms with Crippen LogP contribution in [0.1, 0.15) is 56.9 Å². The van der Waals surface area contributed by atoms with Gasteiger partial charge >= 0.3 is 0 Å². The molecule has 196 valence electrons. The van der Waals surface area contributed by atoms with Crippen LogP contribution in [0.5, 0.6) is 0 Å². The zero-order valence-corrected chi connectivity index (χ0v) is 21.6. The van der Waals surface area contributed by atoms with Crippen molar-refractivity contribution in [2.45, 2.75) is 62.6 Å². The Morgan fingerprint density at radius 3 is 2.64 bits per heavy atom. The molecule has 1 aliphatic rings. The van der Waals surface area contributed by atoms with Crippen molar-refractivity contribution in [3.63, 3.8) is 0 Å². The fraction of sp³-hybridized carbons (Fsp3) is 0.481. The summed E-state index contributed by atoms with van der Waals surface area (Å²) in [6.45, 7) is 1.64. The van der Waals surface area contributed by atoms with Gasteiger partial charge < -0.3 is 14.8 Å². The van der Waals surface area contributed by atoms with Crippen LogP contribution in [0.3, 0.4) is 0 Å². The molecule has 1 fully saturated rings. The van der Waals surface area contributed by atoms with Gasteiger partial charge in [0.2, 0.25) is 15.9 Å². The number of ether oxygens (including phenoxy) is 2. The molecule has 36 heavy (non-hydrogen) atoms. The van der Waals surface area contributed by atoms with Gasteiger partial charge in [-0.3, -0.25) is 9.78 Å². The molecule has 0 aliphatic carbocycles. The van der Waals surface area contributed by atoms with E-state index in [4.69, 9.17) is 9.47 Å². The van der Waals surface area contributed by atoms with Crippen molar-refractivity contribution in [1.82, 2.24) is 14.6 Å². The number of aromatic nitrogens is 1. The van der Waals surface area contributed by atoms with Gasteiger partial charge in [-0.15, -0.1) is 0 Å². The summed E-state index contributed by atoms with van der Waals surface area (Å²) >= 11 is 0. The van der Waals surface area contributed by atoms with Crippen LogP contribution in [0, 0.1) is 0 Å². The standard InChI is InChI=1S/C27H37N3O5S/c31-26(17-16-24-12-11-18-28-22-24)29-19-8-2-1-3-9-20-30(23-35-27-15-7-10-21-34-27)36(32,33)25-13-5-4-6-14-25/h4-6,11-14,16-18,22,27H,1-3,7-10,15,19-21,23H2,(H,29,31)/b17-16+. The molecule has 1 N–H and O–H groups in total. The predicted octanol–water partition coefficient (Wildman–Crippen LogP) is 4.35. The Morgan fingerprint density at radius 2 is 1.89 bits per heavy atom. The Balaban J connectivity index is 1.36. The number of benzene rings is 1. The molecule has 2 aromatic rings. The van der Waals surface area contributed by atoms with Gasteiger partial charge in [-0.2, -0.15) is 4.31 Å². The number of nitrogens with zero attached hydrogens (tertiary/aromatic N) is 2. The highest BCUT2D eigenvalue weighted by Gasteiger charge is 2.26. The van der Waals surface area contributed by atoms with E-state index in [0.29, 0.717) is 19.7 Å². The van der Waals surface area contributed by atoms with Gasteiger partial charge in [0.15, 0.2) is 6.29 Å². The smallest absolute Gasteiger partial charge is 0.245 e. The Bertz CT molecular complexity index is 1030. The Labute approximate surface area is 214 Å². The number of carbonyl (C=O) groups is 1. The number of amides is 1. The molecule has 3 rings (SSSR count). The second-order valence-corrected chi connectivity index (χ2v) is 10.7. The van der Waals surface area contributed by atoms with Crippen LogP contribution in [0.15, 0.2) is 65.8 Å². The van der Waals surface area contributed by atoms with Crippen LogP contribution in [0.25, 0.3) is 6.08 Å². The van der Waals surface area contributed by atoms with E-state index < -0.39 is 10.0 Å². The normalized spacial score (nSPS) is 16.4. The molecule has 1 saturated heterocycles. The average Bonchev–Trinajstić information content (AvgIpc) is 2.92. The average molecular weight is 516 g/mol. The second-order valence-electron chi connectivity index (χ2n) is 8.76. The van der Waals surface area contributed by atoms with Crippen LogP contribution in [-0.2, 0) is 24.3 Å². The minimum Gasteiger partial charge on any atom is -0.353 e. The number of carbonyl (C=O) groups excluding carboxylic acids is 1. The lowest BCUT2D eigenvalue weighted by molar-refractivity contribution is -0.175. The summed E-state index contributed by atoms with van der Waals surface area (Å²) in [7, 11) is -3.64. The first kappa shape index (κ1) is 28.0. The molecule has 0 bridgehead atoms. The van der Waals surface area contributed by atoms with E-state index in [0.717, 1.165) is 56.9 Å². The molecule has 0 saturated carbocycles. The number of sulfonamides is 1. The Morgan fingerprint density at radius 1 is 1.08 bits per heavy atom. The van der Waals surface area contributed by atoms with Gasteiger partial charge in [0.1, 0.15) is 6.73 Å². The van der Waals surface area contributed by atoms with E-state index in [1.807, 2.05) is 12.1 Å². The SMILES string of the molecule is O=C(/C=C/c1cccnc1)NCCCCCCCN(COC1CCCCO1)S(=O)(=O)c1ccccc1. The molecule has 1 aromatic carbocycles. The van der Waals surface area contributed by atoms with Crippen molar-refractivity contribution in [1.29, 1.82) is 0 Å². The molecule has 1 aromatic heterocycles. The van der Waals surface area contributed by atoms with E-state index in [1.54, 1.807) is 48.8 Å². The van der Waals surface area contributed by atoms with E-state index in [-0.39, 0.29) is 23.8 Å². The summed E-state index contributed by atoms with van der Waals surface area (Å²) in [5, 5.41) is 2.89. The van der Waals surface area contributed by atoms with Gasteiger partial charge in [0.25, 0.3) is 0 Å². The van der Waals surface area contributed by atoms with E-state index >= 15 is 0 Å². The summed E-state index contributed by atoms with van der Waals surface area (Å²) in [6.07, 6.45) is 13.6. The lowest BCUT2D eigenvalue weighted by Gasteiger charge is -2.27. The molecule has 1 aliphatic heterocycles. The molecular weight excluding hydrogens is 478 g/mol. The molecule has 2 heterocycles. The minimum atomic E-state index is -3.64. The molecule has 9 heteroatoms. The summed E-state index contributed by atoms with van der Waals surface area (Å²) in [6, 6.07) is 12.2. The third-order valence-electron chi connectivity index (χ3n) is 5.92. The topological polar surface area (TPSA) is 97.8 Å². The third-order valence-corrected chi connectivity index (χ3v) is 7.75. The minimum absolute atomic E-state index is 0.0134. The summed E-state index contributed by atoms with van der Waals surface area (Å²) in [5.41, 5.74) is 0.882. The highest BCUT2D eigenvalue weighted by atomic mass is 32.2. The number of hydrogen-bond acceptors (Lipinski definition) is 6. The van der Waals surface area contributed by atoms with E-state index in [1.165, 1.54) is 10.4 Å². The number of unbranched alkanes of at least 4 members (excludes halogenated alkanes) is 4. The summed E-state index contributed by atoms with van der Waals surface area (Å²) in [5.74, 6) is -0.123. The lowest BCUT2D eigenvalue weighted by atomic mass is 10.1. The Hall–Kier alpha value is -2.59. The van der Waals surface area contributed by atoms with Gasteiger partial charge in [-0.1, -0.05) is 43.5 Å². The maximum Gasteiger partial charge on any atom is 0.245 e. The number of nitrogens with one attached hydrogen (secondary N) is 1. The maximum absolute atomic E-state index is 13.2. The van der Waals surface area contributed by atoms with Gasteiger partial charge in [0.05, 0.1) is 4.90 Å². The van der Waals surface area contributed by atoms with Gasteiger partial charge in [0, 0.05) is 38.2 Å². The molecule has 0 spiro atoms. The monoisotopic (exact) mass is 515 g/mol. The molecule has 1 atom stereocenters. The molecule has 0 radical (unpaired) electrons. The second kappa shape index (κ2) is 15.5. The van der Waals surface area contributed by atoms with Crippen molar-refractivity contribution in [2.24, 2.45) is 0 Å². The highest BCUT2D eigenvalue weighted by molar-refractivity contribution is 7.89. The van der Waals surface area contributed by atoms with Crippen LogP contribution in [0.4, 0.5) is 0 Å². The van der Waals surface area contributed by atoms with Crippen LogP contribution in [-0.4, -0.2) is 56.3 Å². The first-order valence-electron chi connectivity index (χ1n) is 12.7. The molecule has 1 unspecified atom stereocenters. The maximum atomic E-state index is 13.2. The fourth-order valence-corrected chi connectivity index (χ4v) is 5.23. The summed E-state index contributed by atoms with van der Waals surface area (Å²) < 4.78 is 39.2. The fourth-order valence-electron chi connectivity index (χ4n) is 3.87. The van der Waals surface area contributed by atoms with Crippen molar-refractivity contribution in [3.05, 3.63) is 66.5 Å². The number of rotatable bonds is 15. The van der Waals surface area contributed by atoms with Crippen molar-refractivity contribution < 1.29 is 22.7 Å². The van der Waals surface area contributed by atoms with E-state index in [2.05, 4.69) is 10.3 Å². The highest BCUT2D eigenvalue weighted by Crippen LogP contribution is 2.19. The first-order valence-corrected chi connectivity index (χ1v) is 14.1. The third kappa shape index (κ3) is 9.81. The van der Waals surface area contributed by atoms with Crippen molar-refractivity contribution in [3.8, 4) is 0 Å². The lowest BCUT2D eigenvalue weighted by Crippen LogP contribution is -2.37. The quantitative estimate of drug-likeness (QED) is 0.215. The molecular formula is C27H37N3O5S. The largest absolute Gasteiger partial charge is 0.353 e. The van der Waals surface area contributed by atoms with Gasteiger partial charge in [-0.05, 0) is 61.9 Å². The van der Waals surface area contributed by atoms with Crippen molar-refractivity contribution >= 4 is 22.0 Å². The van der Waals surface area contributed by atoms with Crippen LogP contribution in [0.2, 0.25) is 0 Å². The van der Waals surface area contributed by atoms with Crippen molar-refractivity contribution in [2.75, 3.05) is 26.4 Å². The van der Waals surface area contributed by atoms with Crippen LogP contribution >= 0.6 is 0 Å². The number of pyridine rings is 1. The number of hydrogen-bond donors (Lipinski definition) is 1. The van der Waals surface area contributed by atoms with E-state index in [9.17, 15) is 13.2 Å². The zero-order valence-electron chi connectivity index (χ0n) is 20.8. The summed E-state index contributed by atoms with van der Waals surface area (Å²) in [4.78, 5) is 16.2. The molecule has 8 nitrogen and oxygen atoms in total.